The van der Waals surface area contributed by atoms with Crippen molar-refractivity contribution in [1.82, 2.24) is 4.98 Å². The lowest BCUT2D eigenvalue weighted by Crippen LogP contribution is -2.03. The SMILES string of the molecule is Cc1csc(CNc2cccc(C)c2N)n1. The summed E-state index contributed by atoms with van der Waals surface area (Å²) in [4.78, 5) is 4.39. The van der Waals surface area contributed by atoms with E-state index in [4.69, 9.17) is 5.73 Å². The van der Waals surface area contributed by atoms with E-state index in [1.807, 2.05) is 32.0 Å². The van der Waals surface area contributed by atoms with Crippen LogP contribution in [0.2, 0.25) is 0 Å². The third-order valence-electron chi connectivity index (χ3n) is 2.42. The molecule has 1 aromatic heterocycles. The van der Waals surface area contributed by atoms with Gasteiger partial charge >= 0.3 is 0 Å². The largest absolute Gasteiger partial charge is 0.397 e. The molecule has 0 bridgehead atoms. The molecule has 84 valence electrons. The number of hydrogen-bond donors (Lipinski definition) is 2. The molecule has 1 aromatic carbocycles. The molecule has 0 amide bonds. The molecule has 0 spiro atoms. The molecule has 3 nitrogen and oxygen atoms in total. The number of benzene rings is 1. The number of nitrogens with one attached hydrogen (secondary N) is 1. The third-order valence-corrected chi connectivity index (χ3v) is 3.39. The number of aromatic nitrogens is 1. The van der Waals surface area contributed by atoms with E-state index >= 15 is 0 Å². The van der Waals surface area contributed by atoms with Crippen LogP contribution in [-0.2, 0) is 6.54 Å². The Bertz CT molecular complexity index is 491. The lowest BCUT2D eigenvalue weighted by molar-refractivity contribution is 1.08. The van der Waals surface area contributed by atoms with E-state index in [1.165, 1.54) is 0 Å². The Morgan fingerprint density at radius 1 is 1.38 bits per heavy atom. The van der Waals surface area contributed by atoms with Gasteiger partial charge in [0.2, 0.25) is 0 Å². The maximum Gasteiger partial charge on any atom is 0.112 e. The Labute approximate surface area is 99.3 Å². The summed E-state index contributed by atoms with van der Waals surface area (Å²) in [6, 6.07) is 6.00. The smallest absolute Gasteiger partial charge is 0.112 e. The van der Waals surface area contributed by atoms with Crippen molar-refractivity contribution in [1.29, 1.82) is 0 Å². The fourth-order valence-electron chi connectivity index (χ4n) is 1.49. The summed E-state index contributed by atoms with van der Waals surface area (Å²) in [5.74, 6) is 0. The molecule has 3 N–H and O–H groups in total. The topological polar surface area (TPSA) is 50.9 Å². The number of rotatable bonds is 3. The normalized spacial score (nSPS) is 10.4. The van der Waals surface area contributed by atoms with E-state index in [9.17, 15) is 0 Å². The van der Waals surface area contributed by atoms with Crippen LogP contribution in [0.15, 0.2) is 23.6 Å². The number of nitrogens with two attached hydrogens (primary N) is 1. The molecular weight excluding hydrogens is 218 g/mol. The molecule has 0 radical (unpaired) electrons. The predicted octanol–water partition coefficient (Wildman–Crippen LogP) is 2.95. The average Bonchev–Trinajstić information content (AvgIpc) is 2.67. The number of aryl methyl sites for hydroxylation is 2. The molecule has 0 atom stereocenters. The zero-order valence-electron chi connectivity index (χ0n) is 9.45. The number of nitrogens with zero attached hydrogens (tertiary/aromatic N) is 1. The quantitative estimate of drug-likeness (QED) is 0.801. The summed E-state index contributed by atoms with van der Waals surface area (Å²) < 4.78 is 0. The van der Waals surface area contributed by atoms with Gasteiger partial charge in [-0.2, -0.15) is 0 Å². The minimum Gasteiger partial charge on any atom is -0.397 e. The van der Waals surface area contributed by atoms with E-state index in [1.54, 1.807) is 11.3 Å². The van der Waals surface area contributed by atoms with Crippen LogP contribution in [0, 0.1) is 13.8 Å². The monoisotopic (exact) mass is 233 g/mol. The van der Waals surface area contributed by atoms with E-state index in [-0.39, 0.29) is 0 Å². The Morgan fingerprint density at radius 3 is 2.88 bits per heavy atom. The summed E-state index contributed by atoms with van der Waals surface area (Å²) in [5, 5.41) is 6.44. The first kappa shape index (κ1) is 11.0. The van der Waals surface area contributed by atoms with Crippen LogP contribution in [-0.4, -0.2) is 4.98 Å². The molecule has 0 aliphatic heterocycles. The third kappa shape index (κ3) is 2.33. The van der Waals surface area contributed by atoms with E-state index < -0.39 is 0 Å². The highest BCUT2D eigenvalue weighted by molar-refractivity contribution is 7.09. The highest BCUT2D eigenvalue weighted by atomic mass is 32.1. The second-order valence-corrected chi connectivity index (χ2v) is 4.71. The molecule has 0 saturated heterocycles. The molecule has 2 aromatic rings. The number of hydrogen-bond acceptors (Lipinski definition) is 4. The first-order chi connectivity index (χ1) is 7.66. The molecule has 0 saturated carbocycles. The number of anilines is 2. The first-order valence-electron chi connectivity index (χ1n) is 5.17. The molecule has 16 heavy (non-hydrogen) atoms. The zero-order valence-corrected chi connectivity index (χ0v) is 10.3. The van der Waals surface area contributed by atoms with Gasteiger partial charge in [-0.25, -0.2) is 4.98 Å². The molecular formula is C12H15N3S. The average molecular weight is 233 g/mol. The van der Waals surface area contributed by atoms with Crippen molar-refractivity contribution in [2.45, 2.75) is 20.4 Å². The Kier molecular flexibility index (Phi) is 3.10. The van der Waals surface area contributed by atoms with Gasteiger partial charge in [0.1, 0.15) is 5.01 Å². The summed E-state index contributed by atoms with van der Waals surface area (Å²) in [6.45, 7) is 4.74. The van der Waals surface area contributed by atoms with Crippen molar-refractivity contribution in [3.8, 4) is 0 Å². The van der Waals surface area contributed by atoms with Gasteiger partial charge in [-0.05, 0) is 25.5 Å². The second-order valence-electron chi connectivity index (χ2n) is 3.77. The van der Waals surface area contributed by atoms with Crippen LogP contribution in [0.4, 0.5) is 11.4 Å². The van der Waals surface area contributed by atoms with Gasteiger partial charge in [0.05, 0.1) is 17.9 Å². The van der Waals surface area contributed by atoms with Crippen LogP contribution in [0.5, 0.6) is 0 Å². The van der Waals surface area contributed by atoms with Gasteiger partial charge in [-0.3, -0.25) is 0 Å². The van der Waals surface area contributed by atoms with Crippen LogP contribution >= 0.6 is 11.3 Å². The van der Waals surface area contributed by atoms with Gasteiger partial charge in [-0.15, -0.1) is 11.3 Å². The van der Waals surface area contributed by atoms with E-state index in [2.05, 4.69) is 15.7 Å². The predicted molar refractivity (Wildman–Crippen MR) is 69.8 cm³/mol. The second kappa shape index (κ2) is 4.53. The minimum atomic E-state index is 0.728. The van der Waals surface area contributed by atoms with Gasteiger partial charge in [-0.1, -0.05) is 12.1 Å². The number of para-hydroxylation sites is 1. The van der Waals surface area contributed by atoms with Gasteiger partial charge in [0.15, 0.2) is 0 Å². The Hall–Kier alpha value is -1.55. The first-order valence-corrected chi connectivity index (χ1v) is 6.05. The molecule has 2 rings (SSSR count). The Balaban J connectivity index is 2.07. The minimum absolute atomic E-state index is 0.728. The van der Waals surface area contributed by atoms with Crippen molar-refractivity contribution < 1.29 is 0 Å². The molecule has 0 fully saturated rings. The van der Waals surface area contributed by atoms with Crippen molar-refractivity contribution in [3.05, 3.63) is 39.8 Å². The summed E-state index contributed by atoms with van der Waals surface area (Å²) in [5.41, 5.74) is 9.93. The highest BCUT2D eigenvalue weighted by Gasteiger charge is 2.02. The number of thiazole rings is 1. The molecule has 0 unspecified atom stereocenters. The fourth-order valence-corrected chi connectivity index (χ4v) is 2.20. The van der Waals surface area contributed by atoms with Gasteiger partial charge in [0, 0.05) is 11.1 Å². The van der Waals surface area contributed by atoms with Crippen molar-refractivity contribution in [2.75, 3.05) is 11.1 Å². The fraction of sp³-hybridized carbons (Fsp3) is 0.250. The number of nitrogen functional groups attached to an aromatic ring is 1. The van der Waals surface area contributed by atoms with Crippen molar-refractivity contribution in [2.24, 2.45) is 0 Å². The zero-order chi connectivity index (χ0) is 11.5. The lowest BCUT2D eigenvalue weighted by atomic mass is 10.2. The molecule has 0 aliphatic carbocycles. The summed E-state index contributed by atoms with van der Waals surface area (Å²) >= 11 is 1.66. The van der Waals surface area contributed by atoms with Crippen LogP contribution in [0.25, 0.3) is 0 Å². The highest BCUT2D eigenvalue weighted by Crippen LogP contribution is 2.22. The maximum atomic E-state index is 5.97. The summed E-state index contributed by atoms with van der Waals surface area (Å²) in [6.07, 6.45) is 0. The van der Waals surface area contributed by atoms with Gasteiger partial charge < -0.3 is 11.1 Å². The van der Waals surface area contributed by atoms with Crippen molar-refractivity contribution in [3.63, 3.8) is 0 Å². The standard InChI is InChI=1S/C12H15N3S/c1-8-4-3-5-10(12(8)13)14-6-11-15-9(2)7-16-11/h3-5,7,14H,6,13H2,1-2H3. The molecule has 1 heterocycles. The van der Waals surface area contributed by atoms with Crippen LogP contribution < -0.4 is 11.1 Å². The molecule has 4 heteroatoms. The maximum absolute atomic E-state index is 5.97. The Morgan fingerprint density at radius 2 is 2.19 bits per heavy atom. The molecule has 0 aliphatic rings. The van der Waals surface area contributed by atoms with Crippen LogP contribution in [0.1, 0.15) is 16.3 Å². The van der Waals surface area contributed by atoms with Crippen molar-refractivity contribution >= 4 is 22.7 Å². The van der Waals surface area contributed by atoms with Crippen LogP contribution in [0.3, 0.4) is 0 Å². The summed E-state index contributed by atoms with van der Waals surface area (Å²) in [7, 11) is 0. The van der Waals surface area contributed by atoms with Gasteiger partial charge in [0.25, 0.3) is 0 Å². The van der Waals surface area contributed by atoms with E-state index in [0.717, 1.165) is 34.2 Å². The lowest BCUT2D eigenvalue weighted by Gasteiger charge is -2.09. The van der Waals surface area contributed by atoms with E-state index in [0.29, 0.717) is 0 Å².